The molecule has 20 heavy (non-hydrogen) atoms. The fourth-order valence-corrected chi connectivity index (χ4v) is 3.78. The molecule has 2 rings (SSSR count). The van der Waals surface area contributed by atoms with E-state index in [2.05, 4.69) is 27.3 Å². The Kier molecular flexibility index (Phi) is 5.60. The molecular weight excluding hydrogens is 342 g/mol. The van der Waals surface area contributed by atoms with E-state index in [1.54, 1.807) is 11.3 Å². The van der Waals surface area contributed by atoms with Gasteiger partial charge in [0.2, 0.25) is 5.91 Å². The third-order valence-electron chi connectivity index (χ3n) is 3.71. The molecule has 1 aliphatic heterocycles. The first-order valence-electron chi connectivity index (χ1n) is 6.84. The van der Waals surface area contributed by atoms with Gasteiger partial charge in [-0.25, -0.2) is 0 Å². The fourth-order valence-electron chi connectivity index (χ4n) is 2.25. The van der Waals surface area contributed by atoms with Gasteiger partial charge in [0.1, 0.15) is 5.60 Å². The van der Waals surface area contributed by atoms with Crippen LogP contribution in [0.2, 0.25) is 0 Å². The van der Waals surface area contributed by atoms with E-state index >= 15 is 0 Å². The molecule has 2 atom stereocenters. The van der Waals surface area contributed by atoms with Gasteiger partial charge >= 0.3 is 0 Å². The van der Waals surface area contributed by atoms with Crippen molar-refractivity contribution >= 4 is 33.2 Å². The number of carbonyl (C=O) groups excluding carboxylic acids is 1. The molecule has 1 fully saturated rings. The maximum Gasteiger partial charge on any atom is 0.220 e. The van der Waals surface area contributed by atoms with Crippen LogP contribution in [0.25, 0.3) is 0 Å². The van der Waals surface area contributed by atoms with E-state index in [1.165, 1.54) is 4.88 Å². The van der Waals surface area contributed by atoms with E-state index < -0.39 is 5.60 Å². The molecule has 0 aromatic carbocycles. The molecule has 0 radical (unpaired) electrons. The van der Waals surface area contributed by atoms with Gasteiger partial charge < -0.3 is 15.2 Å². The molecule has 4 nitrogen and oxygen atoms in total. The largest absolute Gasteiger partial charge is 0.385 e. The van der Waals surface area contributed by atoms with Crippen molar-refractivity contribution in [3.05, 3.63) is 20.8 Å². The van der Waals surface area contributed by atoms with E-state index in [-0.39, 0.29) is 18.6 Å². The maximum absolute atomic E-state index is 11.8. The Balaban J connectivity index is 1.65. The van der Waals surface area contributed by atoms with Crippen molar-refractivity contribution in [2.45, 2.75) is 44.3 Å². The predicted octanol–water partition coefficient (Wildman–Crippen LogP) is 2.49. The van der Waals surface area contributed by atoms with Crippen LogP contribution in [0.3, 0.4) is 0 Å². The van der Waals surface area contributed by atoms with Crippen LogP contribution in [-0.4, -0.2) is 35.9 Å². The Morgan fingerprint density at radius 2 is 2.45 bits per heavy atom. The maximum atomic E-state index is 11.8. The third kappa shape index (κ3) is 4.28. The number of aryl methyl sites for hydroxylation is 1. The number of hydrogen-bond donors (Lipinski definition) is 2. The van der Waals surface area contributed by atoms with E-state index in [1.807, 2.05) is 13.0 Å². The molecule has 0 aliphatic carbocycles. The molecule has 0 saturated carbocycles. The molecular formula is C14H20BrNO3S. The van der Waals surface area contributed by atoms with Gasteiger partial charge in [0.05, 0.1) is 9.89 Å². The summed E-state index contributed by atoms with van der Waals surface area (Å²) in [5.41, 5.74) is -0.908. The minimum Gasteiger partial charge on any atom is -0.385 e. The SMILES string of the molecule is CC1OCCC1(O)CNC(=O)CCCc1ccc(Br)s1. The molecule has 2 heterocycles. The van der Waals surface area contributed by atoms with Crippen LogP contribution in [-0.2, 0) is 16.0 Å². The van der Waals surface area contributed by atoms with Crippen LogP contribution in [0.5, 0.6) is 0 Å². The molecule has 1 aromatic heterocycles. The normalized spacial score (nSPS) is 25.9. The van der Waals surface area contributed by atoms with Gasteiger partial charge in [-0.2, -0.15) is 0 Å². The molecule has 112 valence electrons. The third-order valence-corrected chi connectivity index (χ3v) is 5.39. The highest BCUT2D eigenvalue weighted by atomic mass is 79.9. The van der Waals surface area contributed by atoms with E-state index in [0.29, 0.717) is 19.4 Å². The molecule has 1 saturated heterocycles. The van der Waals surface area contributed by atoms with E-state index in [0.717, 1.165) is 16.6 Å². The zero-order chi connectivity index (χ0) is 14.6. The van der Waals surface area contributed by atoms with Gasteiger partial charge in [0, 0.05) is 30.9 Å². The van der Waals surface area contributed by atoms with Crippen LogP contribution in [0.1, 0.15) is 31.1 Å². The Morgan fingerprint density at radius 3 is 3.05 bits per heavy atom. The number of aliphatic hydroxyl groups is 1. The van der Waals surface area contributed by atoms with Crippen molar-refractivity contribution < 1.29 is 14.6 Å². The highest BCUT2D eigenvalue weighted by Crippen LogP contribution is 2.25. The average Bonchev–Trinajstić information content (AvgIpc) is 2.95. The molecule has 1 aliphatic rings. The lowest BCUT2D eigenvalue weighted by Gasteiger charge is -2.26. The summed E-state index contributed by atoms with van der Waals surface area (Å²) in [5, 5.41) is 13.1. The van der Waals surface area contributed by atoms with Gasteiger partial charge in [0.15, 0.2) is 0 Å². The van der Waals surface area contributed by atoms with Crippen LogP contribution in [0, 0.1) is 0 Å². The van der Waals surface area contributed by atoms with Gasteiger partial charge in [-0.3, -0.25) is 4.79 Å². The monoisotopic (exact) mass is 361 g/mol. The number of carbonyl (C=O) groups is 1. The lowest BCUT2D eigenvalue weighted by atomic mass is 9.96. The first-order valence-corrected chi connectivity index (χ1v) is 8.45. The van der Waals surface area contributed by atoms with Gasteiger partial charge in [-0.1, -0.05) is 0 Å². The van der Waals surface area contributed by atoms with Crippen LogP contribution in [0.15, 0.2) is 15.9 Å². The standard InChI is InChI=1S/C14H20BrNO3S/c1-10-14(18,7-8-19-10)9-16-13(17)4-2-3-11-5-6-12(15)20-11/h5-6,10,18H,2-4,7-9H2,1H3,(H,16,17). The molecule has 1 aromatic rings. The van der Waals surface area contributed by atoms with Crippen LogP contribution in [0.4, 0.5) is 0 Å². The Labute approximate surface area is 131 Å². The number of hydrogen-bond acceptors (Lipinski definition) is 4. The van der Waals surface area contributed by atoms with Crippen molar-refractivity contribution in [2.75, 3.05) is 13.2 Å². The first kappa shape index (κ1) is 15.9. The molecule has 0 spiro atoms. The minimum absolute atomic E-state index is 0.00635. The van der Waals surface area contributed by atoms with Crippen molar-refractivity contribution in [2.24, 2.45) is 0 Å². The molecule has 0 bridgehead atoms. The van der Waals surface area contributed by atoms with Gasteiger partial charge in [0.25, 0.3) is 0 Å². The Hall–Kier alpha value is -0.430. The summed E-state index contributed by atoms with van der Waals surface area (Å²) >= 11 is 5.13. The van der Waals surface area contributed by atoms with E-state index in [9.17, 15) is 9.90 Å². The predicted molar refractivity (Wildman–Crippen MR) is 82.9 cm³/mol. The lowest BCUT2D eigenvalue weighted by molar-refractivity contribution is -0.123. The molecule has 2 N–H and O–H groups in total. The Bertz CT molecular complexity index is 465. The second-order valence-corrected chi connectivity index (χ2v) is 7.75. The quantitative estimate of drug-likeness (QED) is 0.818. The van der Waals surface area contributed by atoms with Crippen molar-refractivity contribution in [3.63, 3.8) is 0 Å². The van der Waals surface area contributed by atoms with Crippen molar-refractivity contribution in [3.8, 4) is 0 Å². The summed E-state index contributed by atoms with van der Waals surface area (Å²) in [6.07, 6.45) is 2.58. The second kappa shape index (κ2) is 7.02. The summed E-state index contributed by atoms with van der Waals surface area (Å²) in [6.45, 7) is 2.67. The number of nitrogens with one attached hydrogen (secondary N) is 1. The Morgan fingerprint density at radius 1 is 1.65 bits per heavy atom. The summed E-state index contributed by atoms with van der Waals surface area (Å²) < 4.78 is 6.46. The van der Waals surface area contributed by atoms with Gasteiger partial charge in [-0.05, 0) is 47.8 Å². The number of amides is 1. The molecule has 6 heteroatoms. The highest BCUT2D eigenvalue weighted by Gasteiger charge is 2.39. The van der Waals surface area contributed by atoms with Gasteiger partial charge in [-0.15, -0.1) is 11.3 Å². The topological polar surface area (TPSA) is 58.6 Å². The molecule has 1 amide bonds. The smallest absolute Gasteiger partial charge is 0.220 e. The summed E-state index contributed by atoms with van der Waals surface area (Å²) in [4.78, 5) is 13.1. The highest BCUT2D eigenvalue weighted by molar-refractivity contribution is 9.11. The number of thiophene rings is 1. The summed E-state index contributed by atoms with van der Waals surface area (Å²) in [7, 11) is 0. The van der Waals surface area contributed by atoms with E-state index in [4.69, 9.17) is 4.74 Å². The van der Waals surface area contributed by atoms with Crippen LogP contribution < -0.4 is 5.32 Å². The molecule has 2 unspecified atom stereocenters. The number of halogens is 1. The zero-order valence-electron chi connectivity index (χ0n) is 11.5. The van der Waals surface area contributed by atoms with Crippen molar-refractivity contribution in [1.29, 1.82) is 0 Å². The lowest BCUT2D eigenvalue weighted by Crippen LogP contribution is -2.47. The summed E-state index contributed by atoms with van der Waals surface area (Å²) in [5.74, 6) is -0.00635. The van der Waals surface area contributed by atoms with Crippen LogP contribution >= 0.6 is 27.3 Å². The van der Waals surface area contributed by atoms with Crippen molar-refractivity contribution in [1.82, 2.24) is 5.32 Å². The summed E-state index contributed by atoms with van der Waals surface area (Å²) in [6, 6.07) is 4.10. The first-order chi connectivity index (χ1) is 9.49. The number of rotatable bonds is 6. The second-order valence-electron chi connectivity index (χ2n) is 5.20. The minimum atomic E-state index is -0.908. The average molecular weight is 362 g/mol. The number of ether oxygens (including phenoxy) is 1. The zero-order valence-corrected chi connectivity index (χ0v) is 13.9. The fraction of sp³-hybridized carbons (Fsp3) is 0.643.